The molecular formula is C40H36N6O7S2. The topological polar surface area (TPSA) is 206 Å². The van der Waals surface area contributed by atoms with Gasteiger partial charge in [0.05, 0.1) is 42.5 Å². The van der Waals surface area contributed by atoms with Crippen molar-refractivity contribution < 1.29 is 8.83 Å². The Morgan fingerprint density at radius 3 is 1.65 bits per heavy atom. The number of aromatic amines is 6. The van der Waals surface area contributed by atoms with Gasteiger partial charge in [0, 0.05) is 0 Å². The molecular weight excluding hydrogens is 741 g/mol. The SMILES string of the molecule is Cc1cccc2[nH]c(=O)[nH]c12.Cc1cccc2[nH]c(=O)oc12.Cc1cccc2[nH]c(=O)sc12.Cc1cccc2oc(=O)[nH]c12.Cc1cccc2sc(=O)[nH]c12. The molecule has 55 heavy (non-hydrogen) atoms. The summed E-state index contributed by atoms with van der Waals surface area (Å²) in [5.41, 5.74) is 11.7. The molecule has 0 aliphatic heterocycles. The fourth-order valence-corrected chi connectivity index (χ4v) is 7.28. The van der Waals surface area contributed by atoms with E-state index in [1.165, 1.54) is 22.7 Å². The highest BCUT2D eigenvalue weighted by atomic mass is 32.1. The monoisotopic (exact) mass is 776 g/mol. The van der Waals surface area contributed by atoms with Gasteiger partial charge >= 0.3 is 26.9 Å². The minimum Gasteiger partial charge on any atom is -0.408 e. The number of fused-ring (bicyclic) bond motifs is 5. The molecule has 5 aromatic heterocycles. The normalized spacial score (nSPS) is 10.6. The Balaban J connectivity index is 0.000000117. The van der Waals surface area contributed by atoms with Crippen LogP contribution in [0.3, 0.4) is 0 Å². The van der Waals surface area contributed by atoms with Gasteiger partial charge < -0.3 is 28.8 Å². The lowest BCUT2D eigenvalue weighted by Crippen LogP contribution is -1.99. The van der Waals surface area contributed by atoms with Crippen LogP contribution in [0.2, 0.25) is 0 Å². The van der Waals surface area contributed by atoms with Gasteiger partial charge in [-0.3, -0.25) is 19.6 Å². The number of hydrogen-bond donors (Lipinski definition) is 6. The molecule has 0 saturated carbocycles. The first kappa shape index (κ1) is 38.0. The number of imidazole rings is 1. The summed E-state index contributed by atoms with van der Waals surface area (Å²) in [5, 5.41) is 0. The van der Waals surface area contributed by atoms with Crippen molar-refractivity contribution in [3.05, 3.63) is 170 Å². The van der Waals surface area contributed by atoms with Gasteiger partial charge in [0.15, 0.2) is 11.2 Å². The highest BCUT2D eigenvalue weighted by molar-refractivity contribution is 7.16. The molecule has 6 N–H and O–H groups in total. The van der Waals surface area contributed by atoms with Gasteiger partial charge in [-0.15, -0.1) is 0 Å². The molecule has 0 spiro atoms. The molecule has 0 atom stereocenters. The molecule has 15 heteroatoms. The molecule has 0 bridgehead atoms. The van der Waals surface area contributed by atoms with Crippen molar-refractivity contribution in [2.45, 2.75) is 34.6 Å². The van der Waals surface area contributed by atoms with Crippen LogP contribution < -0.4 is 26.9 Å². The van der Waals surface area contributed by atoms with Crippen LogP contribution in [0.25, 0.3) is 53.7 Å². The number of thiazole rings is 2. The predicted octanol–water partition coefficient (Wildman–Crippen LogP) is 7.82. The van der Waals surface area contributed by atoms with Crippen LogP contribution in [0.4, 0.5) is 0 Å². The van der Waals surface area contributed by atoms with E-state index < -0.39 is 11.5 Å². The third-order valence-electron chi connectivity index (χ3n) is 8.37. The van der Waals surface area contributed by atoms with E-state index in [1.54, 1.807) is 6.07 Å². The standard InChI is InChI=1S/C8H8N2O.2C8H7NO2.2C8H7NOS/c1-5-3-2-4-6-7(5)10-8(11)9-6;1-5-3-2-4-6-7(5)9-8(10)11-6;1-5-3-2-4-6-7(5)11-8(10)9-6;1-5-3-2-4-6-7(5)9-8(10)11-6;1-5-3-2-4-6-7(5)11-8(10)9-6/h2-4H,1H3,(H2,9,10,11);4*2-4H,1H3,(H,9,10). The maximum absolute atomic E-state index is 10.9. The zero-order valence-corrected chi connectivity index (χ0v) is 32.0. The summed E-state index contributed by atoms with van der Waals surface area (Å²) in [4.78, 5) is 70.3. The molecule has 0 aliphatic carbocycles. The van der Waals surface area contributed by atoms with Gasteiger partial charge in [-0.05, 0) is 92.8 Å². The number of aryl methyl sites for hydroxylation is 5. The Labute approximate surface area is 318 Å². The molecule has 10 rings (SSSR count). The predicted molar refractivity (Wildman–Crippen MR) is 221 cm³/mol. The third-order valence-corrected chi connectivity index (χ3v) is 10.3. The van der Waals surface area contributed by atoms with Crippen LogP contribution in [0.15, 0.2) is 124 Å². The Kier molecular flexibility index (Phi) is 11.4. The maximum atomic E-state index is 10.9. The van der Waals surface area contributed by atoms with Crippen molar-refractivity contribution in [3.8, 4) is 0 Å². The van der Waals surface area contributed by atoms with E-state index in [0.717, 1.165) is 70.3 Å². The highest BCUT2D eigenvalue weighted by Gasteiger charge is 2.03. The molecule has 0 aliphatic rings. The summed E-state index contributed by atoms with van der Waals surface area (Å²) in [6, 6.07) is 28.7. The number of para-hydroxylation sites is 4. The van der Waals surface area contributed by atoms with E-state index in [4.69, 9.17) is 8.83 Å². The van der Waals surface area contributed by atoms with Gasteiger partial charge in [-0.2, -0.15) is 0 Å². The van der Waals surface area contributed by atoms with Crippen molar-refractivity contribution >= 4 is 76.3 Å². The van der Waals surface area contributed by atoms with Crippen LogP contribution in [-0.2, 0) is 0 Å². The molecule has 10 aromatic rings. The average Bonchev–Trinajstić information content (AvgIpc) is 3.97. The second-order valence-corrected chi connectivity index (χ2v) is 14.4. The molecule has 5 aromatic carbocycles. The summed E-state index contributed by atoms with van der Waals surface area (Å²) in [6.45, 7) is 9.79. The Morgan fingerprint density at radius 2 is 1.00 bits per heavy atom. The molecule has 0 saturated heterocycles. The lowest BCUT2D eigenvalue weighted by molar-refractivity contribution is 0.553. The summed E-state index contributed by atoms with van der Waals surface area (Å²) in [5.74, 6) is -0.788. The number of benzene rings is 5. The van der Waals surface area contributed by atoms with E-state index in [1.807, 2.05) is 120 Å². The highest BCUT2D eigenvalue weighted by Crippen LogP contribution is 2.19. The molecule has 280 valence electrons. The van der Waals surface area contributed by atoms with Gasteiger partial charge in [0.1, 0.15) is 0 Å². The van der Waals surface area contributed by atoms with E-state index in [9.17, 15) is 24.0 Å². The van der Waals surface area contributed by atoms with Gasteiger partial charge in [0.25, 0.3) is 0 Å². The summed E-state index contributed by atoms with van der Waals surface area (Å²) in [6.07, 6.45) is 0. The van der Waals surface area contributed by atoms with Crippen LogP contribution in [0, 0.1) is 34.6 Å². The van der Waals surface area contributed by atoms with Crippen molar-refractivity contribution in [1.82, 2.24) is 29.9 Å². The Morgan fingerprint density at radius 1 is 0.436 bits per heavy atom. The molecule has 0 radical (unpaired) electrons. The second kappa shape index (κ2) is 16.5. The largest absolute Gasteiger partial charge is 0.417 e. The van der Waals surface area contributed by atoms with E-state index >= 15 is 0 Å². The van der Waals surface area contributed by atoms with E-state index in [0.29, 0.717) is 11.2 Å². The molecule has 13 nitrogen and oxygen atoms in total. The third kappa shape index (κ3) is 9.09. The molecule has 0 fully saturated rings. The van der Waals surface area contributed by atoms with Crippen LogP contribution in [0.1, 0.15) is 27.8 Å². The molecule has 0 amide bonds. The van der Waals surface area contributed by atoms with Crippen molar-refractivity contribution in [2.75, 3.05) is 0 Å². The smallest absolute Gasteiger partial charge is 0.408 e. The van der Waals surface area contributed by atoms with E-state index in [2.05, 4.69) is 29.9 Å². The van der Waals surface area contributed by atoms with Crippen molar-refractivity contribution in [2.24, 2.45) is 0 Å². The first-order chi connectivity index (χ1) is 26.4. The van der Waals surface area contributed by atoms with E-state index in [-0.39, 0.29) is 15.4 Å². The number of hydrogen-bond acceptors (Lipinski definition) is 9. The lowest BCUT2D eigenvalue weighted by Gasteiger charge is -1.91. The zero-order valence-electron chi connectivity index (χ0n) is 30.3. The van der Waals surface area contributed by atoms with Gasteiger partial charge in [-0.1, -0.05) is 83.3 Å². The fraction of sp³-hybridized carbons (Fsp3) is 0.125. The lowest BCUT2D eigenvalue weighted by atomic mass is 10.2. The zero-order chi connectivity index (χ0) is 39.2. The maximum Gasteiger partial charge on any atom is 0.417 e. The summed E-state index contributed by atoms with van der Waals surface area (Å²) >= 11 is 2.52. The molecule has 5 heterocycles. The minimum absolute atomic E-state index is 0.0225. The second-order valence-electron chi connectivity index (χ2n) is 12.4. The van der Waals surface area contributed by atoms with Crippen molar-refractivity contribution in [1.29, 1.82) is 0 Å². The Bertz CT molecular complexity index is 2700. The number of aromatic nitrogens is 6. The Hall–Kier alpha value is -6.71. The number of nitrogens with one attached hydrogen (secondary N) is 6. The first-order valence-corrected chi connectivity index (χ1v) is 18.5. The first-order valence-electron chi connectivity index (χ1n) is 16.9. The van der Waals surface area contributed by atoms with Gasteiger partial charge in [-0.25, -0.2) is 14.4 Å². The van der Waals surface area contributed by atoms with Crippen LogP contribution >= 0.6 is 22.7 Å². The van der Waals surface area contributed by atoms with Crippen LogP contribution in [-0.4, -0.2) is 29.9 Å². The van der Waals surface area contributed by atoms with Crippen molar-refractivity contribution in [3.63, 3.8) is 0 Å². The van der Waals surface area contributed by atoms with Crippen LogP contribution in [0.5, 0.6) is 0 Å². The number of rotatable bonds is 0. The minimum atomic E-state index is -0.394. The number of H-pyrrole nitrogens is 6. The quantitative estimate of drug-likeness (QED) is 0.0899. The number of oxazole rings is 2. The molecule has 0 unspecified atom stereocenters. The summed E-state index contributed by atoms with van der Waals surface area (Å²) in [7, 11) is 0. The average molecular weight is 777 g/mol. The fourth-order valence-electron chi connectivity index (χ4n) is 5.66. The van der Waals surface area contributed by atoms with Gasteiger partial charge in [0.2, 0.25) is 0 Å². The summed E-state index contributed by atoms with van der Waals surface area (Å²) < 4.78 is 11.8.